The van der Waals surface area contributed by atoms with E-state index in [0.29, 0.717) is 28.7 Å². The van der Waals surface area contributed by atoms with Crippen LogP contribution in [0.5, 0.6) is 0 Å². The highest BCUT2D eigenvalue weighted by Gasteiger charge is 2.14. The van der Waals surface area contributed by atoms with Crippen LogP contribution in [0.15, 0.2) is 47.9 Å². The molecular weight excluding hydrogens is 439 g/mol. The summed E-state index contributed by atoms with van der Waals surface area (Å²) in [4.78, 5) is 12.7. The number of halogens is 4. The van der Waals surface area contributed by atoms with Gasteiger partial charge in [0.1, 0.15) is 0 Å². The molecule has 0 fully saturated rings. The van der Waals surface area contributed by atoms with Gasteiger partial charge >= 0.3 is 0 Å². The highest BCUT2D eigenvalue weighted by atomic mass is 35.5. The van der Waals surface area contributed by atoms with Crippen molar-refractivity contribution in [3.8, 4) is 0 Å². The normalized spacial score (nSPS) is 9.00. The van der Waals surface area contributed by atoms with E-state index in [2.05, 4.69) is 16.6 Å². The Morgan fingerprint density at radius 1 is 1.20 bits per heavy atom. The zero-order valence-electron chi connectivity index (χ0n) is 17.6. The molecule has 9 heteroatoms. The van der Waals surface area contributed by atoms with Crippen molar-refractivity contribution in [2.45, 2.75) is 18.7 Å². The number of carbonyl (C=O) groups is 1. The first-order valence-electron chi connectivity index (χ1n) is 8.68. The van der Waals surface area contributed by atoms with Crippen LogP contribution < -0.4 is 5.32 Å². The topological polar surface area (TPSA) is 58.6 Å². The maximum atomic E-state index is 13.1. The predicted molar refractivity (Wildman–Crippen MR) is 119 cm³/mol. The van der Waals surface area contributed by atoms with Crippen molar-refractivity contribution in [2.75, 3.05) is 32.4 Å². The standard InChI is InChI=1S/C14H9ClF3NOS.C4H8O.C2H6.CH4O/c1-21-12-4-7(2-3-9(12)15)14(20)19-8-5-10(16)13(18)11(17)6-8;1-3-4-5-2;2*1-2/h2-6H,1H3,(H,19,20);3H,1,4H2,2H3;1-2H3;2H,1H3. The Kier molecular flexibility index (Phi) is 17.9. The van der Waals surface area contributed by atoms with Crippen LogP contribution >= 0.6 is 23.4 Å². The van der Waals surface area contributed by atoms with E-state index in [1.54, 1.807) is 31.6 Å². The smallest absolute Gasteiger partial charge is 0.255 e. The molecule has 168 valence electrons. The largest absolute Gasteiger partial charge is 0.400 e. The average Bonchev–Trinajstić information content (AvgIpc) is 2.76. The minimum Gasteiger partial charge on any atom is -0.400 e. The Labute approximate surface area is 185 Å². The molecule has 2 aromatic rings. The van der Waals surface area contributed by atoms with Crippen molar-refractivity contribution >= 4 is 35.0 Å². The molecule has 2 N–H and O–H groups in total. The number of anilines is 1. The van der Waals surface area contributed by atoms with Gasteiger partial charge in [0.25, 0.3) is 5.91 Å². The molecule has 0 bridgehead atoms. The zero-order chi connectivity index (χ0) is 23.7. The van der Waals surface area contributed by atoms with E-state index in [1.807, 2.05) is 13.8 Å². The van der Waals surface area contributed by atoms with Crippen molar-refractivity contribution in [3.63, 3.8) is 0 Å². The van der Waals surface area contributed by atoms with Crippen LogP contribution in [0.3, 0.4) is 0 Å². The lowest BCUT2D eigenvalue weighted by atomic mass is 10.2. The second-order valence-electron chi connectivity index (χ2n) is 4.80. The molecule has 1 amide bonds. The number of aliphatic hydroxyl groups is 1. The molecule has 0 aromatic heterocycles. The van der Waals surface area contributed by atoms with Gasteiger partial charge in [-0.3, -0.25) is 4.79 Å². The number of hydrogen-bond donors (Lipinski definition) is 2. The third-order valence-corrected chi connectivity index (χ3v) is 4.16. The van der Waals surface area contributed by atoms with Gasteiger partial charge in [-0.2, -0.15) is 0 Å². The van der Waals surface area contributed by atoms with Gasteiger partial charge in [-0.1, -0.05) is 31.5 Å². The SMILES string of the molecule is C=CCOC.CC.CO.CSc1cc(C(=O)Nc2cc(F)c(F)c(F)c2)ccc1Cl. The number of aliphatic hydroxyl groups excluding tert-OH is 1. The monoisotopic (exact) mass is 465 g/mol. The van der Waals surface area contributed by atoms with E-state index >= 15 is 0 Å². The van der Waals surface area contributed by atoms with Gasteiger partial charge < -0.3 is 15.2 Å². The van der Waals surface area contributed by atoms with Crippen molar-refractivity contribution in [1.29, 1.82) is 0 Å². The number of ether oxygens (including phenoxy) is 1. The number of carbonyl (C=O) groups excluding carboxylic acids is 1. The molecular formula is C21H27ClF3NO3S. The molecule has 0 saturated carbocycles. The first-order valence-corrected chi connectivity index (χ1v) is 10.3. The van der Waals surface area contributed by atoms with Crippen molar-refractivity contribution in [1.82, 2.24) is 0 Å². The molecule has 0 saturated heterocycles. The molecule has 30 heavy (non-hydrogen) atoms. The van der Waals surface area contributed by atoms with Crippen LogP contribution in [0.2, 0.25) is 5.02 Å². The van der Waals surface area contributed by atoms with E-state index in [9.17, 15) is 18.0 Å². The lowest BCUT2D eigenvalue weighted by Gasteiger charge is -2.08. The highest BCUT2D eigenvalue weighted by Crippen LogP contribution is 2.26. The van der Waals surface area contributed by atoms with Gasteiger partial charge in [0.05, 0.1) is 11.6 Å². The third kappa shape index (κ3) is 10.7. The van der Waals surface area contributed by atoms with Gasteiger partial charge in [0, 0.05) is 42.5 Å². The van der Waals surface area contributed by atoms with Crippen molar-refractivity contribution in [2.24, 2.45) is 0 Å². The van der Waals surface area contributed by atoms with E-state index in [0.717, 1.165) is 7.11 Å². The fourth-order valence-electron chi connectivity index (χ4n) is 1.75. The number of amides is 1. The van der Waals surface area contributed by atoms with E-state index in [1.165, 1.54) is 17.8 Å². The van der Waals surface area contributed by atoms with Crippen LogP contribution in [-0.4, -0.2) is 38.1 Å². The second kappa shape index (κ2) is 17.8. The van der Waals surface area contributed by atoms with Gasteiger partial charge in [-0.15, -0.1) is 18.3 Å². The van der Waals surface area contributed by atoms with Crippen LogP contribution in [0.1, 0.15) is 24.2 Å². The molecule has 0 aliphatic carbocycles. The summed E-state index contributed by atoms with van der Waals surface area (Å²) in [6, 6.07) is 6.00. The Bertz CT molecular complexity index is 769. The van der Waals surface area contributed by atoms with E-state index < -0.39 is 23.4 Å². The van der Waals surface area contributed by atoms with Crippen LogP contribution in [0, 0.1) is 17.5 Å². The van der Waals surface area contributed by atoms with Crippen molar-refractivity contribution in [3.05, 3.63) is 71.0 Å². The molecule has 0 atom stereocenters. The van der Waals surface area contributed by atoms with Gasteiger partial charge in [-0.05, 0) is 24.5 Å². The molecule has 0 aliphatic rings. The number of benzene rings is 2. The Balaban J connectivity index is 0. The summed E-state index contributed by atoms with van der Waals surface area (Å²) in [5, 5.41) is 9.80. The van der Waals surface area contributed by atoms with Crippen molar-refractivity contribution < 1.29 is 27.8 Å². The Morgan fingerprint density at radius 3 is 2.13 bits per heavy atom. The first kappa shape index (κ1) is 30.2. The number of rotatable bonds is 5. The molecule has 0 spiro atoms. The Morgan fingerprint density at radius 2 is 1.73 bits per heavy atom. The molecule has 4 nitrogen and oxygen atoms in total. The average molecular weight is 466 g/mol. The molecule has 0 heterocycles. The summed E-state index contributed by atoms with van der Waals surface area (Å²) in [7, 11) is 2.64. The van der Waals surface area contributed by atoms with Crippen LogP contribution in [-0.2, 0) is 4.74 Å². The molecule has 0 aliphatic heterocycles. The van der Waals surface area contributed by atoms with Gasteiger partial charge in [0.15, 0.2) is 17.5 Å². The summed E-state index contributed by atoms with van der Waals surface area (Å²) in [5.41, 5.74) is 0.103. The fraction of sp³-hybridized carbons (Fsp3) is 0.286. The van der Waals surface area contributed by atoms with E-state index in [-0.39, 0.29) is 11.3 Å². The molecule has 0 radical (unpaired) electrons. The minimum atomic E-state index is -1.58. The summed E-state index contributed by atoms with van der Waals surface area (Å²) in [5.74, 6) is -4.89. The summed E-state index contributed by atoms with van der Waals surface area (Å²) >= 11 is 7.29. The summed E-state index contributed by atoms with van der Waals surface area (Å²) in [6.45, 7) is 8.08. The summed E-state index contributed by atoms with van der Waals surface area (Å²) < 4.78 is 43.6. The lowest BCUT2D eigenvalue weighted by Crippen LogP contribution is -2.12. The fourth-order valence-corrected chi connectivity index (χ4v) is 2.61. The number of nitrogens with one attached hydrogen (secondary N) is 1. The number of methoxy groups -OCH3 is 1. The molecule has 2 rings (SSSR count). The Hall–Kier alpha value is -2.00. The second-order valence-corrected chi connectivity index (χ2v) is 6.06. The summed E-state index contributed by atoms with van der Waals surface area (Å²) in [6.07, 6.45) is 3.51. The predicted octanol–water partition coefficient (Wildman–Crippen LogP) is 6.19. The molecule has 2 aromatic carbocycles. The van der Waals surface area contributed by atoms with Crippen LogP contribution in [0.4, 0.5) is 18.9 Å². The van der Waals surface area contributed by atoms with Gasteiger partial charge in [0.2, 0.25) is 0 Å². The third-order valence-electron chi connectivity index (χ3n) is 2.94. The minimum absolute atomic E-state index is 0.169. The lowest BCUT2D eigenvalue weighted by molar-refractivity contribution is 0.102. The highest BCUT2D eigenvalue weighted by molar-refractivity contribution is 7.98. The molecule has 0 unspecified atom stereocenters. The van der Waals surface area contributed by atoms with E-state index in [4.69, 9.17) is 16.7 Å². The maximum Gasteiger partial charge on any atom is 0.255 e. The zero-order valence-corrected chi connectivity index (χ0v) is 19.1. The van der Waals surface area contributed by atoms with Gasteiger partial charge in [-0.25, -0.2) is 13.2 Å². The quantitative estimate of drug-likeness (QED) is 0.314. The number of hydrogen-bond acceptors (Lipinski definition) is 4. The number of thioether (sulfide) groups is 1. The van der Waals surface area contributed by atoms with Crippen LogP contribution in [0.25, 0.3) is 0 Å². The first-order chi connectivity index (χ1) is 14.3. The maximum absolute atomic E-state index is 13.1.